The van der Waals surface area contributed by atoms with Gasteiger partial charge < -0.3 is 9.64 Å². The average molecular weight is 239 g/mol. The number of carbonyl (C=O) groups is 2. The zero-order chi connectivity index (χ0) is 12.7. The summed E-state index contributed by atoms with van der Waals surface area (Å²) in [7, 11) is 0. The second-order valence-electron chi connectivity index (χ2n) is 6.18. The van der Waals surface area contributed by atoms with Crippen molar-refractivity contribution in [1.29, 1.82) is 0 Å². The zero-order valence-corrected chi connectivity index (χ0v) is 10.9. The molecule has 1 atom stereocenters. The van der Waals surface area contributed by atoms with Crippen molar-refractivity contribution < 1.29 is 14.3 Å². The molecule has 1 heterocycles. The summed E-state index contributed by atoms with van der Waals surface area (Å²) in [5.41, 5.74) is -0.692. The molecule has 17 heavy (non-hydrogen) atoms. The number of amides is 1. The van der Waals surface area contributed by atoms with Crippen LogP contribution in [0.4, 0.5) is 4.79 Å². The highest BCUT2D eigenvalue weighted by molar-refractivity contribution is 5.84. The van der Waals surface area contributed by atoms with E-state index in [1.165, 1.54) is 0 Å². The molecule has 0 aromatic carbocycles. The summed E-state index contributed by atoms with van der Waals surface area (Å²) in [6, 6.07) is 0. The number of likely N-dealkylation sites (tertiary alicyclic amines) is 1. The van der Waals surface area contributed by atoms with Crippen molar-refractivity contribution in [1.82, 2.24) is 4.90 Å². The molecule has 1 aliphatic heterocycles. The number of carbonyl (C=O) groups excluding carboxylic acids is 2. The molecule has 1 amide bonds. The van der Waals surface area contributed by atoms with Crippen LogP contribution in [0.15, 0.2) is 0 Å². The second kappa shape index (κ2) is 4.00. The van der Waals surface area contributed by atoms with Gasteiger partial charge in [0.1, 0.15) is 11.4 Å². The topological polar surface area (TPSA) is 46.6 Å². The maximum Gasteiger partial charge on any atom is 0.410 e. The first-order valence-electron chi connectivity index (χ1n) is 6.35. The highest BCUT2D eigenvalue weighted by atomic mass is 16.6. The van der Waals surface area contributed by atoms with E-state index in [1.807, 2.05) is 20.8 Å². The summed E-state index contributed by atoms with van der Waals surface area (Å²) in [4.78, 5) is 25.4. The van der Waals surface area contributed by atoms with Gasteiger partial charge in [-0.15, -0.1) is 0 Å². The predicted molar refractivity (Wildman–Crippen MR) is 63.8 cm³/mol. The number of hydrogen-bond acceptors (Lipinski definition) is 3. The molecule has 1 saturated carbocycles. The Kier molecular flexibility index (Phi) is 2.92. The minimum atomic E-state index is -0.469. The van der Waals surface area contributed by atoms with E-state index in [-0.39, 0.29) is 17.4 Å². The summed E-state index contributed by atoms with van der Waals surface area (Å²) >= 11 is 0. The molecule has 0 N–H and O–H groups in total. The Hall–Kier alpha value is -1.06. The quantitative estimate of drug-likeness (QED) is 0.652. The standard InChI is InChI=1S/C13H21NO3/c1-12(2,3)17-11(16)14-8-4-6-13(14)7-5-10(15)9-13/h4-9H2,1-3H3. The average Bonchev–Trinajstić information content (AvgIpc) is 2.72. The smallest absolute Gasteiger partial charge is 0.410 e. The van der Waals surface area contributed by atoms with E-state index in [9.17, 15) is 9.59 Å². The number of rotatable bonds is 0. The van der Waals surface area contributed by atoms with Crippen molar-refractivity contribution in [3.05, 3.63) is 0 Å². The Morgan fingerprint density at radius 1 is 1.35 bits per heavy atom. The number of ketones is 1. The van der Waals surface area contributed by atoms with Gasteiger partial charge in [-0.3, -0.25) is 4.79 Å². The fourth-order valence-corrected chi connectivity index (χ4v) is 2.90. The van der Waals surface area contributed by atoms with E-state index in [0.717, 1.165) is 25.8 Å². The molecule has 2 rings (SSSR count). The Morgan fingerprint density at radius 3 is 2.59 bits per heavy atom. The second-order valence-corrected chi connectivity index (χ2v) is 6.18. The maximum absolute atomic E-state index is 12.1. The van der Waals surface area contributed by atoms with Crippen molar-refractivity contribution in [2.24, 2.45) is 0 Å². The first-order chi connectivity index (χ1) is 7.82. The molecule has 1 saturated heterocycles. The van der Waals surface area contributed by atoms with Crippen LogP contribution in [0, 0.1) is 0 Å². The van der Waals surface area contributed by atoms with Crippen molar-refractivity contribution in [3.8, 4) is 0 Å². The molecule has 2 aliphatic rings. The van der Waals surface area contributed by atoms with E-state index in [4.69, 9.17) is 4.74 Å². The summed E-state index contributed by atoms with van der Waals surface area (Å²) in [5, 5.41) is 0. The van der Waals surface area contributed by atoms with Gasteiger partial charge in [-0.05, 0) is 40.0 Å². The van der Waals surface area contributed by atoms with Crippen molar-refractivity contribution in [2.45, 2.75) is 64.0 Å². The van der Waals surface area contributed by atoms with Crippen molar-refractivity contribution in [2.75, 3.05) is 6.54 Å². The monoisotopic (exact) mass is 239 g/mol. The number of ether oxygens (including phenoxy) is 1. The first-order valence-corrected chi connectivity index (χ1v) is 6.35. The largest absolute Gasteiger partial charge is 0.444 e. The minimum Gasteiger partial charge on any atom is -0.444 e. The third-order valence-corrected chi connectivity index (χ3v) is 3.61. The van der Waals surface area contributed by atoms with Crippen LogP contribution in [-0.4, -0.2) is 34.5 Å². The Balaban J connectivity index is 2.10. The molecule has 0 aromatic heterocycles. The zero-order valence-electron chi connectivity index (χ0n) is 10.9. The third-order valence-electron chi connectivity index (χ3n) is 3.61. The lowest BCUT2D eigenvalue weighted by Gasteiger charge is -2.35. The van der Waals surface area contributed by atoms with E-state index in [1.54, 1.807) is 4.90 Å². The van der Waals surface area contributed by atoms with Crippen LogP contribution in [0.25, 0.3) is 0 Å². The van der Waals surface area contributed by atoms with Crippen LogP contribution in [-0.2, 0) is 9.53 Å². The fraction of sp³-hybridized carbons (Fsp3) is 0.846. The van der Waals surface area contributed by atoms with Gasteiger partial charge in [0, 0.05) is 19.4 Å². The van der Waals surface area contributed by atoms with E-state index in [0.29, 0.717) is 12.8 Å². The molecule has 96 valence electrons. The molecule has 1 unspecified atom stereocenters. The Labute approximate surface area is 102 Å². The van der Waals surface area contributed by atoms with Crippen LogP contribution >= 0.6 is 0 Å². The van der Waals surface area contributed by atoms with E-state index in [2.05, 4.69) is 0 Å². The number of nitrogens with zero attached hydrogens (tertiary/aromatic N) is 1. The van der Waals surface area contributed by atoms with Crippen LogP contribution < -0.4 is 0 Å². The summed E-state index contributed by atoms with van der Waals surface area (Å²) in [6.45, 7) is 6.33. The molecular weight excluding hydrogens is 218 g/mol. The van der Waals surface area contributed by atoms with Crippen LogP contribution in [0.1, 0.15) is 52.9 Å². The molecule has 4 nitrogen and oxygen atoms in total. The van der Waals surface area contributed by atoms with Gasteiger partial charge in [-0.25, -0.2) is 4.79 Å². The predicted octanol–water partition coefficient (Wildman–Crippen LogP) is 2.51. The molecule has 0 aromatic rings. The lowest BCUT2D eigenvalue weighted by Crippen LogP contribution is -2.47. The van der Waals surface area contributed by atoms with E-state index < -0.39 is 5.60 Å². The van der Waals surface area contributed by atoms with Gasteiger partial charge >= 0.3 is 6.09 Å². The van der Waals surface area contributed by atoms with Crippen molar-refractivity contribution in [3.63, 3.8) is 0 Å². The van der Waals surface area contributed by atoms with Gasteiger partial charge in [0.05, 0.1) is 5.54 Å². The molecule has 2 fully saturated rings. The van der Waals surface area contributed by atoms with Gasteiger partial charge in [0.25, 0.3) is 0 Å². The maximum atomic E-state index is 12.1. The highest BCUT2D eigenvalue weighted by Crippen LogP contribution is 2.42. The Bertz CT molecular complexity index is 345. The molecule has 4 heteroatoms. The Morgan fingerprint density at radius 2 is 2.06 bits per heavy atom. The van der Waals surface area contributed by atoms with Crippen LogP contribution in [0.2, 0.25) is 0 Å². The molecule has 1 spiro atoms. The van der Waals surface area contributed by atoms with Crippen LogP contribution in [0.5, 0.6) is 0 Å². The van der Waals surface area contributed by atoms with Gasteiger partial charge in [0.2, 0.25) is 0 Å². The normalized spacial score (nSPS) is 29.1. The van der Waals surface area contributed by atoms with Gasteiger partial charge in [-0.2, -0.15) is 0 Å². The van der Waals surface area contributed by atoms with Gasteiger partial charge in [0.15, 0.2) is 0 Å². The molecule has 0 bridgehead atoms. The summed E-state index contributed by atoms with van der Waals surface area (Å²) < 4.78 is 5.42. The first kappa shape index (κ1) is 12.4. The highest BCUT2D eigenvalue weighted by Gasteiger charge is 2.49. The molecule has 1 aliphatic carbocycles. The fourth-order valence-electron chi connectivity index (χ4n) is 2.90. The van der Waals surface area contributed by atoms with E-state index >= 15 is 0 Å². The number of Topliss-reactive ketones (excluding diaryl/α,β-unsaturated/α-hetero) is 1. The lowest BCUT2D eigenvalue weighted by molar-refractivity contribution is -0.118. The lowest BCUT2D eigenvalue weighted by atomic mass is 9.94. The minimum absolute atomic E-state index is 0.223. The molecular formula is C13H21NO3. The van der Waals surface area contributed by atoms with Crippen LogP contribution in [0.3, 0.4) is 0 Å². The summed E-state index contributed by atoms with van der Waals surface area (Å²) in [5.74, 6) is 0.278. The summed E-state index contributed by atoms with van der Waals surface area (Å²) in [6.07, 6.45) is 3.60. The molecule has 0 radical (unpaired) electrons. The van der Waals surface area contributed by atoms with Gasteiger partial charge in [-0.1, -0.05) is 0 Å². The number of hydrogen-bond donors (Lipinski definition) is 0. The SMILES string of the molecule is CC(C)(C)OC(=O)N1CCCC12CCC(=O)C2. The third kappa shape index (κ3) is 2.45. The van der Waals surface area contributed by atoms with Crippen molar-refractivity contribution >= 4 is 11.9 Å².